The van der Waals surface area contributed by atoms with Crippen LogP contribution in [0.3, 0.4) is 0 Å². The van der Waals surface area contributed by atoms with Gasteiger partial charge in [0.2, 0.25) is 5.91 Å². The highest BCUT2D eigenvalue weighted by Crippen LogP contribution is 2.25. The number of aromatic nitrogens is 4. The first-order chi connectivity index (χ1) is 11.0. The number of nitrogens with two attached hydrogens (primary N) is 1. The zero-order valence-electron chi connectivity index (χ0n) is 14.0. The number of nitrogens with zero attached hydrogens (tertiary/aromatic N) is 5. The van der Waals surface area contributed by atoms with Crippen LogP contribution >= 0.6 is 12.4 Å². The summed E-state index contributed by atoms with van der Waals surface area (Å²) < 4.78 is 12.0. The Bertz CT molecular complexity index is 669. The molecule has 1 aromatic heterocycles. The van der Waals surface area contributed by atoms with E-state index < -0.39 is 6.04 Å². The molecule has 132 valence electrons. The third kappa shape index (κ3) is 4.33. The quantitative estimate of drug-likeness (QED) is 0.798. The van der Waals surface area contributed by atoms with E-state index >= 15 is 0 Å². The molecule has 1 amide bonds. The van der Waals surface area contributed by atoms with Gasteiger partial charge in [0.05, 0.1) is 32.5 Å². The van der Waals surface area contributed by atoms with Gasteiger partial charge in [-0.25, -0.2) is 0 Å². The summed E-state index contributed by atoms with van der Waals surface area (Å²) in [6.07, 6.45) is 0. The van der Waals surface area contributed by atoms with Crippen molar-refractivity contribution in [3.8, 4) is 17.2 Å². The van der Waals surface area contributed by atoms with E-state index in [0.29, 0.717) is 23.0 Å². The smallest absolute Gasteiger partial charge is 0.239 e. The van der Waals surface area contributed by atoms with Crippen LogP contribution in [-0.2, 0) is 11.3 Å². The van der Waals surface area contributed by atoms with Gasteiger partial charge in [0, 0.05) is 25.2 Å². The molecule has 2 N–H and O–H groups in total. The number of ether oxygens (including phenoxy) is 2. The number of methoxy groups -OCH3 is 2. The standard InChI is InChI=1S/C14H20N6O3.ClH/c1-9(15)14(21)19(2)8-13-16-17-18-20(13)10-5-11(22-3)7-12(6-10)23-4;/h5-7,9H,8,15H2,1-4H3;1H/t9-;/m1./s1. The molecule has 0 aliphatic rings. The van der Waals surface area contributed by atoms with Gasteiger partial charge >= 0.3 is 0 Å². The van der Waals surface area contributed by atoms with Crippen molar-refractivity contribution in [1.82, 2.24) is 25.1 Å². The molecule has 0 saturated heterocycles. The van der Waals surface area contributed by atoms with Gasteiger partial charge in [-0.1, -0.05) is 0 Å². The fourth-order valence-electron chi connectivity index (χ4n) is 2.06. The van der Waals surface area contributed by atoms with Gasteiger partial charge < -0.3 is 20.1 Å². The molecule has 2 aromatic rings. The molecule has 1 aromatic carbocycles. The van der Waals surface area contributed by atoms with Crippen molar-refractivity contribution in [3.05, 3.63) is 24.0 Å². The lowest BCUT2D eigenvalue weighted by atomic mass is 10.2. The van der Waals surface area contributed by atoms with E-state index in [1.54, 1.807) is 46.4 Å². The Morgan fingerprint density at radius 1 is 1.29 bits per heavy atom. The molecule has 2 rings (SSSR count). The largest absolute Gasteiger partial charge is 0.497 e. The highest BCUT2D eigenvalue weighted by Gasteiger charge is 2.18. The molecule has 0 aliphatic carbocycles. The molecule has 1 atom stereocenters. The molecule has 1 heterocycles. The van der Waals surface area contributed by atoms with Crippen LogP contribution in [0.25, 0.3) is 5.69 Å². The highest BCUT2D eigenvalue weighted by molar-refractivity contribution is 5.85. The van der Waals surface area contributed by atoms with Crippen LogP contribution in [0.5, 0.6) is 11.5 Å². The number of benzene rings is 1. The summed E-state index contributed by atoms with van der Waals surface area (Å²) in [6, 6.07) is 4.71. The van der Waals surface area contributed by atoms with Crippen molar-refractivity contribution in [2.24, 2.45) is 5.73 Å². The second-order valence-electron chi connectivity index (χ2n) is 5.06. The SMILES string of the molecule is COc1cc(OC)cc(-n2nnnc2CN(C)C(=O)[C@@H](C)N)c1.Cl. The van der Waals surface area contributed by atoms with E-state index in [4.69, 9.17) is 15.2 Å². The predicted octanol–water partition coefficient (Wildman–Crippen LogP) is 0.407. The summed E-state index contributed by atoms with van der Waals surface area (Å²) in [5.74, 6) is 1.53. The second-order valence-corrected chi connectivity index (χ2v) is 5.06. The summed E-state index contributed by atoms with van der Waals surface area (Å²) in [4.78, 5) is 13.4. The molecule has 0 radical (unpaired) electrons. The average Bonchev–Trinajstić information content (AvgIpc) is 3.01. The maximum Gasteiger partial charge on any atom is 0.239 e. The van der Waals surface area contributed by atoms with Crippen molar-refractivity contribution >= 4 is 18.3 Å². The number of tetrazole rings is 1. The van der Waals surface area contributed by atoms with Crippen LogP contribution in [0.15, 0.2) is 18.2 Å². The minimum absolute atomic E-state index is 0. The monoisotopic (exact) mass is 356 g/mol. The van der Waals surface area contributed by atoms with Crippen molar-refractivity contribution in [2.45, 2.75) is 19.5 Å². The summed E-state index contributed by atoms with van der Waals surface area (Å²) in [5.41, 5.74) is 6.28. The van der Waals surface area contributed by atoms with Crippen molar-refractivity contribution in [1.29, 1.82) is 0 Å². The molecule has 0 unspecified atom stereocenters. The molecule has 10 heteroatoms. The summed E-state index contributed by atoms with van der Waals surface area (Å²) >= 11 is 0. The van der Waals surface area contributed by atoms with Crippen molar-refractivity contribution in [3.63, 3.8) is 0 Å². The zero-order valence-corrected chi connectivity index (χ0v) is 14.8. The Labute approximate surface area is 146 Å². The summed E-state index contributed by atoms with van der Waals surface area (Å²) in [5, 5.41) is 11.6. The summed E-state index contributed by atoms with van der Waals surface area (Å²) in [6.45, 7) is 1.86. The Balaban J connectivity index is 0.00000288. The third-order valence-electron chi connectivity index (χ3n) is 3.26. The van der Waals surface area contributed by atoms with E-state index in [1.807, 2.05) is 0 Å². The first-order valence-electron chi connectivity index (χ1n) is 6.97. The van der Waals surface area contributed by atoms with Crippen LogP contribution in [-0.4, -0.2) is 58.3 Å². The molecule has 0 bridgehead atoms. The molecule has 24 heavy (non-hydrogen) atoms. The average molecular weight is 357 g/mol. The van der Waals surface area contributed by atoms with E-state index in [2.05, 4.69) is 15.5 Å². The Morgan fingerprint density at radius 3 is 2.38 bits per heavy atom. The first-order valence-corrected chi connectivity index (χ1v) is 6.97. The lowest BCUT2D eigenvalue weighted by molar-refractivity contribution is -0.131. The predicted molar refractivity (Wildman–Crippen MR) is 89.6 cm³/mol. The van der Waals surface area contributed by atoms with E-state index in [1.165, 1.54) is 9.58 Å². The van der Waals surface area contributed by atoms with Crippen LogP contribution in [0.4, 0.5) is 0 Å². The van der Waals surface area contributed by atoms with E-state index in [-0.39, 0.29) is 24.9 Å². The van der Waals surface area contributed by atoms with Gasteiger partial charge in [-0.3, -0.25) is 4.79 Å². The maximum absolute atomic E-state index is 11.9. The molecular weight excluding hydrogens is 336 g/mol. The summed E-state index contributed by atoms with van der Waals surface area (Å²) in [7, 11) is 4.78. The number of amides is 1. The van der Waals surface area contributed by atoms with Gasteiger partial charge in [-0.2, -0.15) is 4.68 Å². The van der Waals surface area contributed by atoms with Gasteiger partial charge in [-0.05, 0) is 17.4 Å². The van der Waals surface area contributed by atoms with Gasteiger partial charge in [0.15, 0.2) is 5.82 Å². The second kappa shape index (κ2) is 8.46. The van der Waals surface area contributed by atoms with E-state index in [9.17, 15) is 4.79 Å². The first kappa shape index (κ1) is 19.7. The van der Waals surface area contributed by atoms with Crippen molar-refractivity contribution < 1.29 is 14.3 Å². The number of rotatable bonds is 6. The topological polar surface area (TPSA) is 108 Å². The molecule has 0 aliphatic heterocycles. The fraction of sp³-hybridized carbons (Fsp3) is 0.429. The number of hydrogen-bond donors (Lipinski definition) is 1. The van der Waals surface area contributed by atoms with Gasteiger partial charge in [-0.15, -0.1) is 17.5 Å². The van der Waals surface area contributed by atoms with E-state index in [0.717, 1.165) is 0 Å². The number of carbonyl (C=O) groups is 1. The number of likely N-dealkylation sites (N-methyl/N-ethyl adjacent to an activating group) is 1. The van der Waals surface area contributed by atoms with Crippen LogP contribution < -0.4 is 15.2 Å². The molecule has 9 nitrogen and oxygen atoms in total. The van der Waals surface area contributed by atoms with Crippen molar-refractivity contribution in [2.75, 3.05) is 21.3 Å². The Hall–Kier alpha value is -2.39. The van der Waals surface area contributed by atoms with Gasteiger partial charge in [0.25, 0.3) is 0 Å². The Morgan fingerprint density at radius 2 is 1.88 bits per heavy atom. The lowest BCUT2D eigenvalue weighted by Crippen LogP contribution is -2.39. The third-order valence-corrected chi connectivity index (χ3v) is 3.26. The molecule has 0 saturated carbocycles. The highest BCUT2D eigenvalue weighted by atomic mass is 35.5. The van der Waals surface area contributed by atoms with Crippen LogP contribution in [0.2, 0.25) is 0 Å². The minimum Gasteiger partial charge on any atom is -0.497 e. The van der Waals surface area contributed by atoms with Crippen LogP contribution in [0.1, 0.15) is 12.7 Å². The minimum atomic E-state index is -0.582. The Kier molecular flexibility index (Phi) is 6.93. The normalized spacial score (nSPS) is 11.4. The van der Waals surface area contributed by atoms with Gasteiger partial charge in [0.1, 0.15) is 11.5 Å². The lowest BCUT2D eigenvalue weighted by Gasteiger charge is -2.18. The number of carbonyl (C=O) groups excluding carboxylic acids is 1. The molecule has 0 spiro atoms. The maximum atomic E-state index is 11.9. The number of hydrogen-bond acceptors (Lipinski definition) is 7. The van der Waals surface area contributed by atoms with Crippen LogP contribution in [0, 0.1) is 0 Å². The fourth-order valence-corrected chi connectivity index (χ4v) is 2.06. The number of halogens is 1. The molecule has 0 fully saturated rings. The zero-order chi connectivity index (χ0) is 17.0. The molecular formula is C14H21ClN6O3.